The third kappa shape index (κ3) is 3.75. The first-order chi connectivity index (χ1) is 13.9. The van der Waals surface area contributed by atoms with Gasteiger partial charge in [-0.3, -0.25) is 4.98 Å². The number of methoxy groups -OCH3 is 1. The van der Waals surface area contributed by atoms with Gasteiger partial charge in [0, 0.05) is 24.7 Å². The largest absolute Gasteiger partial charge is 0.497 e. The molecule has 3 aromatic rings. The molecule has 0 unspecified atom stereocenters. The molecular weight excluding hydrogens is 435 g/mol. The summed E-state index contributed by atoms with van der Waals surface area (Å²) >= 11 is 12.0. The zero-order valence-electron chi connectivity index (χ0n) is 15.6. The number of benzene rings is 2. The van der Waals surface area contributed by atoms with Crippen LogP contribution in [0.5, 0.6) is 5.75 Å². The molecule has 29 heavy (non-hydrogen) atoms. The van der Waals surface area contributed by atoms with Crippen molar-refractivity contribution in [3.63, 3.8) is 0 Å². The number of hydrogen-bond acceptors (Lipinski definition) is 6. The topological polar surface area (TPSA) is 68.7 Å². The SMILES string of the molecule is COc1ccc2ncc(S(=O)(=O)c3ccc(Cl)c(Cl)c3)c(N3CCOCC3)c2c1. The number of rotatable bonds is 4. The quantitative estimate of drug-likeness (QED) is 0.590. The Bertz CT molecular complexity index is 1180. The lowest BCUT2D eigenvalue weighted by molar-refractivity contribution is 0.122. The Morgan fingerprint density at radius 2 is 1.83 bits per heavy atom. The van der Waals surface area contributed by atoms with Crippen LogP contribution in [0.2, 0.25) is 10.0 Å². The molecule has 1 saturated heterocycles. The maximum atomic E-state index is 13.5. The highest BCUT2D eigenvalue weighted by Gasteiger charge is 2.28. The van der Waals surface area contributed by atoms with E-state index in [9.17, 15) is 8.42 Å². The van der Waals surface area contributed by atoms with Crippen molar-refractivity contribution in [3.8, 4) is 5.75 Å². The molecule has 0 atom stereocenters. The lowest BCUT2D eigenvalue weighted by Gasteiger charge is -2.31. The molecule has 0 N–H and O–H groups in total. The van der Waals surface area contributed by atoms with Gasteiger partial charge in [-0.05, 0) is 36.4 Å². The molecular formula is C20H18Cl2N2O4S. The van der Waals surface area contributed by atoms with Crippen LogP contribution in [0.25, 0.3) is 10.9 Å². The van der Waals surface area contributed by atoms with E-state index in [0.717, 1.165) is 0 Å². The van der Waals surface area contributed by atoms with Gasteiger partial charge in [0.25, 0.3) is 0 Å². The summed E-state index contributed by atoms with van der Waals surface area (Å²) in [6.07, 6.45) is 1.40. The standard InChI is InChI=1S/C20H18Cl2N2O4S/c1-27-13-2-5-18-15(10-13)20(24-6-8-28-9-7-24)19(12-23-18)29(25,26)14-3-4-16(21)17(22)11-14/h2-5,10-12H,6-9H2,1H3. The number of aromatic nitrogens is 1. The molecule has 0 spiro atoms. The minimum Gasteiger partial charge on any atom is -0.497 e. The third-order valence-corrected chi connectivity index (χ3v) is 7.32. The first-order valence-corrected chi connectivity index (χ1v) is 11.2. The van der Waals surface area contributed by atoms with Crippen LogP contribution >= 0.6 is 23.2 Å². The summed E-state index contributed by atoms with van der Waals surface area (Å²) in [5.74, 6) is 0.623. The first kappa shape index (κ1) is 20.2. The summed E-state index contributed by atoms with van der Waals surface area (Å²) in [4.78, 5) is 6.57. The van der Waals surface area contributed by atoms with Gasteiger partial charge in [-0.15, -0.1) is 0 Å². The van der Waals surface area contributed by atoms with E-state index in [4.69, 9.17) is 32.7 Å². The van der Waals surface area contributed by atoms with Gasteiger partial charge in [-0.1, -0.05) is 23.2 Å². The zero-order valence-corrected chi connectivity index (χ0v) is 17.9. The van der Waals surface area contributed by atoms with Crippen LogP contribution in [-0.4, -0.2) is 46.8 Å². The fourth-order valence-electron chi connectivity index (χ4n) is 3.35. The monoisotopic (exact) mass is 452 g/mol. The second kappa shape index (κ2) is 7.99. The van der Waals surface area contributed by atoms with E-state index in [1.165, 1.54) is 24.4 Å². The Balaban J connectivity index is 1.98. The van der Waals surface area contributed by atoms with Crippen LogP contribution < -0.4 is 9.64 Å². The van der Waals surface area contributed by atoms with Gasteiger partial charge >= 0.3 is 0 Å². The summed E-state index contributed by atoms with van der Waals surface area (Å²) in [6.45, 7) is 2.17. The molecule has 1 aromatic heterocycles. The van der Waals surface area contributed by atoms with E-state index < -0.39 is 9.84 Å². The van der Waals surface area contributed by atoms with Crippen LogP contribution in [0, 0.1) is 0 Å². The van der Waals surface area contributed by atoms with E-state index in [1.54, 1.807) is 19.2 Å². The highest BCUT2D eigenvalue weighted by molar-refractivity contribution is 7.91. The predicted octanol–water partition coefficient (Wildman–Crippen LogP) is 4.22. The molecule has 0 aliphatic carbocycles. The Hall–Kier alpha value is -2.06. The number of pyridine rings is 1. The number of ether oxygens (including phenoxy) is 2. The van der Waals surface area contributed by atoms with Crippen LogP contribution in [-0.2, 0) is 14.6 Å². The summed E-state index contributed by atoms with van der Waals surface area (Å²) in [7, 11) is -2.33. The van der Waals surface area contributed by atoms with Gasteiger partial charge in [0.2, 0.25) is 9.84 Å². The number of nitrogens with zero attached hydrogens (tertiary/aromatic N) is 2. The molecule has 152 valence electrons. The van der Waals surface area contributed by atoms with Crippen molar-refractivity contribution in [2.45, 2.75) is 9.79 Å². The van der Waals surface area contributed by atoms with Gasteiger partial charge < -0.3 is 14.4 Å². The Kier molecular flexibility index (Phi) is 5.57. The third-order valence-electron chi connectivity index (χ3n) is 4.83. The molecule has 0 amide bonds. The van der Waals surface area contributed by atoms with Crippen LogP contribution in [0.1, 0.15) is 0 Å². The summed E-state index contributed by atoms with van der Waals surface area (Å²) < 4.78 is 37.9. The summed E-state index contributed by atoms with van der Waals surface area (Å²) in [5, 5.41) is 1.17. The number of sulfone groups is 1. The molecule has 0 bridgehead atoms. The van der Waals surface area contributed by atoms with Crippen LogP contribution in [0.15, 0.2) is 52.4 Å². The fourth-order valence-corrected chi connectivity index (χ4v) is 5.17. The van der Waals surface area contributed by atoms with E-state index in [0.29, 0.717) is 53.7 Å². The zero-order chi connectivity index (χ0) is 20.6. The maximum absolute atomic E-state index is 13.5. The van der Waals surface area contributed by atoms with Crippen molar-refractivity contribution in [3.05, 3.63) is 52.6 Å². The van der Waals surface area contributed by atoms with Crippen molar-refractivity contribution in [1.82, 2.24) is 4.98 Å². The average molecular weight is 453 g/mol. The maximum Gasteiger partial charge on any atom is 0.210 e. The van der Waals surface area contributed by atoms with E-state index >= 15 is 0 Å². The van der Waals surface area contributed by atoms with Crippen LogP contribution in [0.3, 0.4) is 0 Å². The minimum atomic E-state index is -3.90. The molecule has 0 radical (unpaired) electrons. The lowest BCUT2D eigenvalue weighted by Crippen LogP contribution is -2.37. The van der Waals surface area contributed by atoms with Gasteiger partial charge in [0.05, 0.1) is 46.5 Å². The Morgan fingerprint density at radius 1 is 1.07 bits per heavy atom. The number of anilines is 1. The van der Waals surface area contributed by atoms with Gasteiger partial charge in [-0.2, -0.15) is 0 Å². The lowest BCUT2D eigenvalue weighted by atomic mass is 10.1. The van der Waals surface area contributed by atoms with E-state index in [1.807, 2.05) is 11.0 Å². The minimum absolute atomic E-state index is 0.0606. The number of halogens is 2. The average Bonchev–Trinajstić information content (AvgIpc) is 2.74. The highest BCUT2D eigenvalue weighted by Crippen LogP contribution is 2.38. The van der Waals surface area contributed by atoms with Crippen LogP contribution in [0.4, 0.5) is 5.69 Å². The highest BCUT2D eigenvalue weighted by atomic mass is 35.5. The fraction of sp³-hybridized carbons (Fsp3) is 0.250. The number of morpholine rings is 1. The molecule has 1 fully saturated rings. The second-order valence-corrected chi connectivity index (χ2v) is 9.27. The van der Waals surface area contributed by atoms with Crippen molar-refractivity contribution in [1.29, 1.82) is 0 Å². The van der Waals surface area contributed by atoms with Crippen molar-refractivity contribution in [2.75, 3.05) is 38.3 Å². The van der Waals surface area contributed by atoms with E-state index in [-0.39, 0.29) is 14.8 Å². The molecule has 2 heterocycles. The van der Waals surface area contributed by atoms with Gasteiger partial charge in [-0.25, -0.2) is 8.42 Å². The van der Waals surface area contributed by atoms with E-state index in [2.05, 4.69) is 4.98 Å². The molecule has 6 nitrogen and oxygen atoms in total. The van der Waals surface area contributed by atoms with Gasteiger partial charge in [0.15, 0.2) is 0 Å². The molecule has 4 rings (SSSR count). The summed E-state index contributed by atoms with van der Waals surface area (Å²) in [5.41, 5.74) is 1.27. The molecule has 1 aliphatic heterocycles. The number of hydrogen-bond donors (Lipinski definition) is 0. The predicted molar refractivity (Wildman–Crippen MR) is 113 cm³/mol. The Labute approximate surface area is 178 Å². The number of fused-ring (bicyclic) bond motifs is 1. The molecule has 0 saturated carbocycles. The van der Waals surface area contributed by atoms with Crippen molar-refractivity contribution < 1.29 is 17.9 Å². The second-order valence-electron chi connectivity index (χ2n) is 6.53. The first-order valence-electron chi connectivity index (χ1n) is 8.91. The molecule has 2 aromatic carbocycles. The van der Waals surface area contributed by atoms with Crippen molar-refractivity contribution in [2.24, 2.45) is 0 Å². The normalized spacial score (nSPS) is 14.9. The molecule has 9 heteroatoms. The summed E-state index contributed by atoms with van der Waals surface area (Å²) in [6, 6.07) is 9.70. The molecule has 1 aliphatic rings. The van der Waals surface area contributed by atoms with Crippen molar-refractivity contribution >= 4 is 49.6 Å². The smallest absolute Gasteiger partial charge is 0.210 e. The van der Waals surface area contributed by atoms with Gasteiger partial charge in [0.1, 0.15) is 10.6 Å². The Morgan fingerprint density at radius 3 is 2.52 bits per heavy atom.